The number of aliphatic carboxylic acids is 1. The van der Waals surface area contributed by atoms with Crippen molar-refractivity contribution in [2.45, 2.75) is 25.2 Å². The van der Waals surface area contributed by atoms with Gasteiger partial charge in [-0.15, -0.1) is 0 Å². The van der Waals surface area contributed by atoms with Gasteiger partial charge in [-0.2, -0.15) is 0 Å². The van der Waals surface area contributed by atoms with Gasteiger partial charge in [0.1, 0.15) is 0 Å². The van der Waals surface area contributed by atoms with Gasteiger partial charge in [-0.3, -0.25) is 4.79 Å². The van der Waals surface area contributed by atoms with E-state index in [0.29, 0.717) is 6.54 Å². The number of piperidine rings is 1. The molecule has 4 heteroatoms. The Morgan fingerprint density at radius 3 is 2.56 bits per heavy atom. The molecule has 18 heavy (non-hydrogen) atoms. The van der Waals surface area contributed by atoms with Crippen LogP contribution in [-0.2, 0) is 4.79 Å². The Morgan fingerprint density at radius 2 is 1.94 bits per heavy atom. The Balaban J connectivity index is 2.13. The zero-order chi connectivity index (χ0) is 13.0. The number of likely N-dealkylation sites (tertiary alicyclic amines) is 1. The number of rotatable bonds is 4. The molecule has 1 aliphatic heterocycles. The first-order chi connectivity index (χ1) is 8.68. The molecule has 1 atom stereocenters. The smallest absolute Gasteiger partial charge is 0.312 e. The number of hydrogen-bond donors (Lipinski definition) is 1. The second kappa shape index (κ2) is 6.34. The molecule has 1 unspecified atom stereocenters. The van der Waals surface area contributed by atoms with Crippen LogP contribution >= 0.6 is 15.9 Å². The number of halogens is 1. The first-order valence-corrected chi connectivity index (χ1v) is 7.17. The summed E-state index contributed by atoms with van der Waals surface area (Å²) in [5, 5.41) is 9.43. The van der Waals surface area contributed by atoms with Gasteiger partial charge >= 0.3 is 5.97 Å². The summed E-state index contributed by atoms with van der Waals surface area (Å²) in [5.41, 5.74) is 0.871. The Kier molecular flexibility index (Phi) is 4.78. The molecule has 3 nitrogen and oxygen atoms in total. The van der Waals surface area contributed by atoms with Crippen molar-refractivity contribution in [2.24, 2.45) is 0 Å². The van der Waals surface area contributed by atoms with E-state index < -0.39 is 11.9 Å². The zero-order valence-electron chi connectivity index (χ0n) is 10.3. The van der Waals surface area contributed by atoms with Crippen molar-refractivity contribution in [3.05, 3.63) is 34.3 Å². The van der Waals surface area contributed by atoms with Crippen LogP contribution in [0.25, 0.3) is 0 Å². The summed E-state index contributed by atoms with van der Waals surface area (Å²) in [6, 6.07) is 7.61. The molecule has 1 aromatic carbocycles. The van der Waals surface area contributed by atoms with E-state index >= 15 is 0 Å². The van der Waals surface area contributed by atoms with Crippen molar-refractivity contribution in [1.29, 1.82) is 0 Å². The van der Waals surface area contributed by atoms with Crippen LogP contribution in [0.2, 0.25) is 0 Å². The highest BCUT2D eigenvalue weighted by molar-refractivity contribution is 9.10. The molecule has 0 amide bonds. The van der Waals surface area contributed by atoms with Gasteiger partial charge < -0.3 is 10.0 Å². The maximum absolute atomic E-state index is 11.5. The minimum Gasteiger partial charge on any atom is -0.481 e. The third kappa shape index (κ3) is 3.33. The molecule has 98 valence electrons. The molecule has 0 saturated carbocycles. The van der Waals surface area contributed by atoms with Crippen LogP contribution < -0.4 is 0 Å². The molecule has 0 bridgehead atoms. The first-order valence-electron chi connectivity index (χ1n) is 6.38. The van der Waals surface area contributed by atoms with Crippen molar-refractivity contribution in [1.82, 2.24) is 4.90 Å². The van der Waals surface area contributed by atoms with E-state index in [9.17, 15) is 9.90 Å². The van der Waals surface area contributed by atoms with Gasteiger partial charge in [0.05, 0.1) is 5.92 Å². The Labute approximate surface area is 116 Å². The topological polar surface area (TPSA) is 40.5 Å². The summed E-state index contributed by atoms with van der Waals surface area (Å²) >= 11 is 3.45. The summed E-state index contributed by atoms with van der Waals surface area (Å²) in [6.07, 6.45) is 3.63. The van der Waals surface area contributed by atoms with Crippen molar-refractivity contribution in [3.63, 3.8) is 0 Å². The average Bonchev–Trinajstić information content (AvgIpc) is 2.38. The molecule has 0 aromatic heterocycles. The predicted octanol–water partition coefficient (Wildman–Crippen LogP) is 3.10. The van der Waals surface area contributed by atoms with E-state index in [1.165, 1.54) is 19.3 Å². The molecular weight excluding hydrogens is 294 g/mol. The molecule has 1 heterocycles. The van der Waals surface area contributed by atoms with E-state index in [1.807, 2.05) is 24.3 Å². The highest BCUT2D eigenvalue weighted by atomic mass is 79.9. The van der Waals surface area contributed by atoms with Crippen LogP contribution in [0.5, 0.6) is 0 Å². The maximum Gasteiger partial charge on any atom is 0.312 e. The van der Waals surface area contributed by atoms with E-state index in [1.54, 1.807) is 0 Å². The zero-order valence-corrected chi connectivity index (χ0v) is 11.9. The number of carbonyl (C=O) groups is 1. The van der Waals surface area contributed by atoms with Crippen LogP contribution in [0, 0.1) is 0 Å². The molecule has 1 aromatic rings. The SMILES string of the molecule is O=C(O)C(CN1CCCCC1)c1ccccc1Br. The molecule has 0 radical (unpaired) electrons. The lowest BCUT2D eigenvalue weighted by Gasteiger charge is -2.29. The van der Waals surface area contributed by atoms with Crippen LogP contribution in [0.3, 0.4) is 0 Å². The minimum atomic E-state index is -0.743. The monoisotopic (exact) mass is 311 g/mol. The second-order valence-corrected chi connectivity index (χ2v) is 5.63. The van der Waals surface area contributed by atoms with Gasteiger partial charge in [-0.25, -0.2) is 0 Å². The molecule has 1 saturated heterocycles. The second-order valence-electron chi connectivity index (χ2n) is 4.77. The maximum atomic E-state index is 11.5. The average molecular weight is 312 g/mol. The van der Waals surface area contributed by atoms with Gasteiger partial charge in [0.25, 0.3) is 0 Å². The third-order valence-corrected chi connectivity index (χ3v) is 4.19. The van der Waals surface area contributed by atoms with Gasteiger partial charge in [0, 0.05) is 11.0 Å². The molecule has 0 spiro atoms. The number of nitrogens with zero attached hydrogens (tertiary/aromatic N) is 1. The lowest BCUT2D eigenvalue weighted by atomic mass is 9.97. The number of carboxylic acid groups (broad SMARTS) is 1. The predicted molar refractivity (Wildman–Crippen MR) is 74.8 cm³/mol. The highest BCUT2D eigenvalue weighted by Gasteiger charge is 2.25. The summed E-state index contributed by atoms with van der Waals surface area (Å²) in [5.74, 6) is -1.19. The van der Waals surface area contributed by atoms with E-state index in [-0.39, 0.29) is 0 Å². The first kappa shape index (κ1) is 13.6. The van der Waals surface area contributed by atoms with Gasteiger partial charge in [0.2, 0.25) is 0 Å². The van der Waals surface area contributed by atoms with Gasteiger partial charge in [-0.1, -0.05) is 40.5 Å². The molecule has 1 fully saturated rings. The number of hydrogen-bond acceptors (Lipinski definition) is 2. The molecule has 1 aliphatic rings. The van der Waals surface area contributed by atoms with Crippen molar-refractivity contribution >= 4 is 21.9 Å². The standard InChI is InChI=1S/C14H18BrNO2/c15-13-7-3-2-6-11(13)12(14(17)18)10-16-8-4-1-5-9-16/h2-3,6-7,12H,1,4-5,8-10H2,(H,17,18). The van der Waals surface area contributed by atoms with Crippen LogP contribution in [-0.4, -0.2) is 35.6 Å². The molecule has 2 rings (SSSR count). The van der Waals surface area contributed by atoms with Crippen molar-refractivity contribution in [3.8, 4) is 0 Å². The quantitative estimate of drug-likeness (QED) is 0.929. The van der Waals surface area contributed by atoms with Crippen LogP contribution in [0.15, 0.2) is 28.7 Å². The third-order valence-electron chi connectivity index (χ3n) is 3.47. The normalized spacial score (nSPS) is 18.5. The Bertz CT molecular complexity index is 416. The van der Waals surface area contributed by atoms with Gasteiger partial charge in [0.15, 0.2) is 0 Å². The van der Waals surface area contributed by atoms with Crippen molar-refractivity contribution < 1.29 is 9.90 Å². The minimum absolute atomic E-state index is 0.446. The fourth-order valence-corrected chi connectivity index (χ4v) is 3.03. The molecule has 1 N–H and O–H groups in total. The Morgan fingerprint density at radius 1 is 1.28 bits per heavy atom. The summed E-state index contributed by atoms with van der Waals surface area (Å²) in [7, 11) is 0. The highest BCUT2D eigenvalue weighted by Crippen LogP contribution is 2.26. The summed E-state index contributed by atoms with van der Waals surface area (Å²) < 4.78 is 0.884. The van der Waals surface area contributed by atoms with Crippen LogP contribution in [0.1, 0.15) is 30.7 Å². The Hall–Kier alpha value is -0.870. The number of carboxylic acids is 1. The summed E-state index contributed by atoms with van der Waals surface area (Å²) in [6.45, 7) is 2.65. The lowest BCUT2D eigenvalue weighted by molar-refractivity contribution is -0.139. The van der Waals surface area contributed by atoms with Crippen molar-refractivity contribution in [2.75, 3.05) is 19.6 Å². The number of benzene rings is 1. The van der Waals surface area contributed by atoms with Gasteiger partial charge in [-0.05, 0) is 37.6 Å². The largest absolute Gasteiger partial charge is 0.481 e. The van der Waals surface area contributed by atoms with E-state index in [4.69, 9.17) is 0 Å². The molecule has 0 aliphatic carbocycles. The van der Waals surface area contributed by atoms with E-state index in [0.717, 1.165) is 23.1 Å². The van der Waals surface area contributed by atoms with E-state index in [2.05, 4.69) is 20.8 Å². The van der Waals surface area contributed by atoms with Crippen LogP contribution in [0.4, 0.5) is 0 Å². The summed E-state index contributed by atoms with van der Waals surface area (Å²) in [4.78, 5) is 13.7. The molecular formula is C14H18BrNO2. The lowest BCUT2D eigenvalue weighted by Crippen LogP contribution is -2.35. The fraction of sp³-hybridized carbons (Fsp3) is 0.500. The fourth-order valence-electron chi connectivity index (χ4n) is 2.47.